The lowest BCUT2D eigenvalue weighted by Crippen LogP contribution is -2.47. The third-order valence-corrected chi connectivity index (χ3v) is 3.14. The van der Waals surface area contributed by atoms with Crippen LogP contribution in [0.5, 0.6) is 0 Å². The molecule has 0 atom stereocenters. The van der Waals surface area contributed by atoms with Gasteiger partial charge in [-0.15, -0.1) is 0 Å². The highest BCUT2D eigenvalue weighted by atomic mass is 16.5. The van der Waals surface area contributed by atoms with E-state index in [1.54, 1.807) is 19.1 Å². The fraction of sp³-hybridized carbons (Fsp3) is 0.500. The molecule has 0 unspecified atom stereocenters. The van der Waals surface area contributed by atoms with Gasteiger partial charge in [0.2, 0.25) is 0 Å². The van der Waals surface area contributed by atoms with Gasteiger partial charge in [-0.1, -0.05) is 6.42 Å². The van der Waals surface area contributed by atoms with Crippen LogP contribution in [0.4, 0.5) is 10.5 Å². The molecule has 0 radical (unpaired) electrons. The number of rotatable bonds is 4. The van der Waals surface area contributed by atoms with Crippen LogP contribution < -0.4 is 10.7 Å². The minimum Gasteiger partial charge on any atom is -0.461 e. The number of hydrazine groups is 1. The lowest BCUT2D eigenvalue weighted by Gasteiger charge is -2.26. The van der Waals surface area contributed by atoms with Crippen molar-refractivity contribution in [2.75, 3.05) is 25.0 Å². The minimum atomic E-state index is -0.550. The van der Waals surface area contributed by atoms with Crippen molar-refractivity contribution < 1.29 is 14.3 Å². The number of esters is 1. The van der Waals surface area contributed by atoms with E-state index in [0.29, 0.717) is 5.69 Å². The number of carbonyl (C=O) groups excluding carboxylic acids is 2. The number of pyridine rings is 1. The van der Waals surface area contributed by atoms with Gasteiger partial charge in [0.1, 0.15) is 0 Å². The van der Waals surface area contributed by atoms with E-state index in [9.17, 15) is 9.59 Å². The molecule has 1 aliphatic heterocycles. The first-order valence-corrected chi connectivity index (χ1v) is 7.15. The normalized spacial score (nSPS) is 15.3. The maximum atomic E-state index is 12.0. The van der Waals surface area contributed by atoms with Crippen LogP contribution in [-0.4, -0.2) is 41.7 Å². The predicted octanol–water partition coefficient (Wildman–Crippen LogP) is 1.78. The molecule has 0 saturated carbocycles. The molecular weight excluding hydrogens is 272 g/mol. The van der Waals surface area contributed by atoms with Crippen LogP contribution in [0.15, 0.2) is 18.3 Å². The third-order valence-electron chi connectivity index (χ3n) is 3.14. The van der Waals surface area contributed by atoms with Gasteiger partial charge in [0.25, 0.3) is 0 Å². The summed E-state index contributed by atoms with van der Waals surface area (Å²) in [4.78, 5) is 27.7. The number of hydrogen-bond acceptors (Lipinski definition) is 5. The van der Waals surface area contributed by atoms with E-state index in [-0.39, 0.29) is 18.3 Å². The zero-order chi connectivity index (χ0) is 15.1. The first kappa shape index (κ1) is 15.2. The molecule has 2 rings (SSSR count). The van der Waals surface area contributed by atoms with E-state index in [2.05, 4.69) is 15.7 Å². The van der Waals surface area contributed by atoms with E-state index >= 15 is 0 Å². The van der Waals surface area contributed by atoms with Crippen molar-refractivity contribution in [2.45, 2.75) is 26.2 Å². The highest BCUT2D eigenvalue weighted by Gasteiger charge is 2.17. The Hall–Kier alpha value is -2.15. The Morgan fingerprint density at radius 1 is 1.33 bits per heavy atom. The Balaban J connectivity index is 1.98. The van der Waals surface area contributed by atoms with Crippen molar-refractivity contribution in [1.82, 2.24) is 15.4 Å². The number of piperidine rings is 1. The average molecular weight is 292 g/mol. The number of nitrogens with one attached hydrogen (secondary N) is 2. The number of carbonyl (C=O) groups is 2. The Morgan fingerprint density at radius 3 is 2.81 bits per heavy atom. The van der Waals surface area contributed by atoms with Gasteiger partial charge >= 0.3 is 12.0 Å². The maximum absolute atomic E-state index is 12.0. The van der Waals surface area contributed by atoms with Crippen LogP contribution in [-0.2, 0) is 4.74 Å². The van der Waals surface area contributed by atoms with Gasteiger partial charge in [-0.2, -0.15) is 0 Å². The minimum absolute atomic E-state index is 0.105. The van der Waals surface area contributed by atoms with Crippen molar-refractivity contribution in [3.63, 3.8) is 0 Å². The Labute approximate surface area is 123 Å². The molecule has 1 aromatic rings. The molecule has 7 nitrogen and oxygen atoms in total. The second kappa shape index (κ2) is 7.58. The van der Waals surface area contributed by atoms with Crippen LogP contribution in [0.3, 0.4) is 0 Å². The van der Waals surface area contributed by atoms with Crippen LogP contribution in [0.25, 0.3) is 0 Å². The number of nitrogens with zero attached hydrogens (tertiary/aromatic N) is 2. The lowest BCUT2D eigenvalue weighted by atomic mass is 10.2. The van der Waals surface area contributed by atoms with Gasteiger partial charge in [0, 0.05) is 19.3 Å². The van der Waals surface area contributed by atoms with Gasteiger partial charge in [-0.3, -0.25) is 5.43 Å². The molecule has 2 heterocycles. The summed E-state index contributed by atoms with van der Waals surface area (Å²) in [6.45, 7) is 3.65. The number of amides is 2. The second-order valence-corrected chi connectivity index (χ2v) is 4.73. The first-order valence-electron chi connectivity index (χ1n) is 7.15. The molecule has 21 heavy (non-hydrogen) atoms. The van der Waals surface area contributed by atoms with Crippen LogP contribution in [0, 0.1) is 0 Å². The first-order chi connectivity index (χ1) is 10.2. The largest absolute Gasteiger partial charge is 0.461 e. The van der Waals surface area contributed by atoms with Crippen LogP contribution >= 0.6 is 0 Å². The second-order valence-electron chi connectivity index (χ2n) is 4.73. The number of hydrogen-bond donors (Lipinski definition) is 2. The fourth-order valence-electron chi connectivity index (χ4n) is 2.17. The Morgan fingerprint density at radius 2 is 2.10 bits per heavy atom. The number of anilines is 1. The van der Waals surface area contributed by atoms with Gasteiger partial charge < -0.3 is 10.1 Å². The fourth-order valence-corrected chi connectivity index (χ4v) is 2.17. The predicted molar refractivity (Wildman–Crippen MR) is 77.8 cm³/mol. The molecule has 0 spiro atoms. The maximum Gasteiger partial charge on any atom is 0.359 e. The zero-order valence-corrected chi connectivity index (χ0v) is 12.1. The summed E-state index contributed by atoms with van der Waals surface area (Å²) < 4.78 is 4.92. The Kier molecular flexibility index (Phi) is 5.51. The molecule has 0 aromatic carbocycles. The van der Waals surface area contributed by atoms with Gasteiger partial charge in [0.05, 0.1) is 12.3 Å². The van der Waals surface area contributed by atoms with Crippen molar-refractivity contribution in [1.29, 1.82) is 0 Å². The van der Waals surface area contributed by atoms with E-state index in [4.69, 9.17) is 4.74 Å². The number of ether oxygens (including phenoxy) is 1. The smallest absolute Gasteiger partial charge is 0.359 e. The zero-order valence-electron chi connectivity index (χ0n) is 12.1. The summed E-state index contributed by atoms with van der Waals surface area (Å²) >= 11 is 0. The summed E-state index contributed by atoms with van der Waals surface area (Å²) in [7, 11) is 0. The molecule has 114 valence electrons. The Bertz CT molecular complexity index is 501. The van der Waals surface area contributed by atoms with E-state index in [1.165, 1.54) is 12.6 Å². The summed E-state index contributed by atoms with van der Waals surface area (Å²) in [5.74, 6) is -0.550. The van der Waals surface area contributed by atoms with Crippen molar-refractivity contribution in [3.05, 3.63) is 24.0 Å². The molecule has 1 saturated heterocycles. The topological polar surface area (TPSA) is 83.6 Å². The van der Waals surface area contributed by atoms with Gasteiger partial charge in [0.15, 0.2) is 5.69 Å². The summed E-state index contributed by atoms with van der Waals surface area (Å²) in [6.07, 6.45) is 4.82. The summed E-state index contributed by atoms with van der Waals surface area (Å²) in [5, 5.41) is 4.52. The lowest BCUT2D eigenvalue weighted by molar-refractivity contribution is 0.0521. The molecule has 1 fully saturated rings. The van der Waals surface area contributed by atoms with Gasteiger partial charge in [-0.05, 0) is 31.9 Å². The third kappa shape index (κ3) is 4.42. The summed E-state index contributed by atoms with van der Waals surface area (Å²) in [5.41, 5.74) is 3.21. The quantitative estimate of drug-likeness (QED) is 0.826. The number of aromatic nitrogens is 1. The number of urea groups is 1. The molecular formula is C14H20N4O3. The highest BCUT2D eigenvalue weighted by Crippen LogP contribution is 2.13. The van der Waals surface area contributed by atoms with Crippen molar-refractivity contribution in [2.24, 2.45) is 0 Å². The van der Waals surface area contributed by atoms with Crippen LogP contribution in [0.2, 0.25) is 0 Å². The molecule has 0 bridgehead atoms. The SMILES string of the molecule is CCOC(=O)c1ncccc1NC(=O)NN1CCCCC1. The molecule has 2 N–H and O–H groups in total. The highest BCUT2D eigenvalue weighted by molar-refractivity contribution is 5.99. The monoisotopic (exact) mass is 292 g/mol. The van der Waals surface area contributed by atoms with E-state index in [0.717, 1.165) is 25.9 Å². The van der Waals surface area contributed by atoms with Gasteiger partial charge in [-0.25, -0.2) is 19.6 Å². The average Bonchev–Trinajstić information content (AvgIpc) is 2.49. The summed E-state index contributed by atoms with van der Waals surface area (Å²) in [6, 6.07) is 2.89. The van der Waals surface area contributed by atoms with Crippen molar-refractivity contribution >= 4 is 17.7 Å². The molecule has 0 aliphatic carbocycles. The molecule has 2 amide bonds. The van der Waals surface area contributed by atoms with Crippen LogP contribution in [0.1, 0.15) is 36.7 Å². The van der Waals surface area contributed by atoms with Crippen molar-refractivity contribution in [3.8, 4) is 0 Å². The standard InChI is InChI=1S/C14H20N4O3/c1-2-21-13(19)12-11(7-6-8-15-12)16-14(20)17-18-9-4-3-5-10-18/h6-8H,2-5,9-10H2,1H3,(H2,16,17,20). The van der Waals surface area contributed by atoms with E-state index in [1.807, 2.05) is 5.01 Å². The molecule has 1 aromatic heterocycles. The molecule has 1 aliphatic rings. The molecule has 7 heteroatoms. The van der Waals surface area contributed by atoms with E-state index < -0.39 is 5.97 Å².